The van der Waals surface area contributed by atoms with Gasteiger partial charge in [0.05, 0.1) is 11.0 Å². The van der Waals surface area contributed by atoms with Gasteiger partial charge >= 0.3 is 0 Å². The Labute approximate surface area is 131 Å². The summed E-state index contributed by atoms with van der Waals surface area (Å²) < 4.78 is 0. The maximum Gasteiger partial charge on any atom is 0.203 e. The van der Waals surface area contributed by atoms with Gasteiger partial charge < -0.3 is 14.7 Å². The van der Waals surface area contributed by atoms with Gasteiger partial charge in [-0.15, -0.1) is 0 Å². The number of hydrogen-bond acceptors (Lipinski definition) is 3. The van der Waals surface area contributed by atoms with Crippen LogP contribution in [0.2, 0.25) is 0 Å². The first kappa shape index (κ1) is 15.1. The van der Waals surface area contributed by atoms with E-state index in [1.54, 1.807) is 6.92 Å². The molecule has 3 rings (SSSR count). The maximum atomic E-state index is 11.6. The Bertz CT molecular complexity index is 616. The summed E-state index contributed by atoms with van der Waals surface area (Å²) in [6, 6.07) is 8.13. The number of ketones is 1. The standard InChI is InChI=1S/C18H25N3O/c1-3-6-14-9-10-21(12-15(14)11-13(2)22)18-19-16-7-4-5-8-17(16)20-18/h4-5,7-8,14-15H,3,6,9-12H2,1-2H3,(H,19,20). The summed E-state index contributed by atoms with van der Waals surface area (Å²) in [6.07, 6.45) is 4.28. The van der Waals surface area contributed by atoms with E-state index in [9.17, 15) is 4.79 Å². The number of imidazole rings is 1. The van der Waals surface area contributed by atoms with Crippen LogP contribution in [-0.4, -0.2) is 28.8 Å². The minimum absolute atomic E-state index is 0.303. The smallest absolute Gasteiger partial charge is 0.203 e. The minimum Gasteiger partial charge on any atom is -0.342 e. The van der Waals surface area contributed by atoms with Crippen molar-refractivity contribution in [3.63, 3.8) is 0 Å². The summed E-state index contributed by atoms with van der Waals surface area (Å²) in [5, 5.41) is 0. The molecule has 0 radical (unpaired) electrons. The third kappa shape index (κ3) is 3.16. The predicted molar refractivity (Wildman–Crippen MR) is 90.1 cm³/mol. The number of carbonyl (C=O) groups excluding carboxylic acids is 1. The van der Waals surface area contributed by atoms with E-state index in [0.717, 1.165) is 36.5 Å². The van der Waals surface area contributed by atoms with E-state index in [1.165, 1.54) is 12.8 Å². The zero-order valence-electron chi connectivity index (χ0n) is 13.5. The highest BCUT2D eigenvalue weighted by Gasteiger charge is 2.30. The van der Waals surface area contributed by atoms with Crippen molar-refractivity contribution >= 4 is 22.8 Å². The lowest BCUT2D eigenvalue weighted by Crippen LogP contribution is -2.41. The van der Waals surface area contributed by atoms with E-state index in [4.69, 9.17) is 4.98 Å². The third-order valence-corrected chi connectivity index (χ3v) is 4.78. The molecular weight excluding hydrogens is 274 g/mol. The second kappa shape index (κ2) is 6.51. The van der Waals surface area contributed by atoms with Crippen molar-refractivity contribution in [1.82, 2.24) is 9.97 Å². The van der Waals surface area contributed by atoms with Gasteiger partial charge in [0.25, 0.3) is 0 Å². The van der Waals surface area contributed by atoms with Gasteiger partial charge in [-0.3, -0.25) is 0 Å². The number of rotatable bonds is 5. The highest BCUT2D eigenvalue weighted by Crippen LogP contribution is 2.32. The number of benzene rings is 1. The Kier molecular flexibility index (Phi) is 4.46. The number of nitrogens with one attached hydrogen (secondary N) is 1. The van der Waals surface area contributed by atoms with Crippen LogP contribution in [-0.2, 0) is 4.79 Å². The summed E-state index contributed by atoms with van der Waals surface area (Å²) >= 11 is 0. The maximum absolute atomic E-state index is 11.6. The molecule has 4 heteroatoms. The van der Waals surface area contributed by atoms with Crippen LogP contribution >= 0.6 is 0 Å². The summed E-state index contributed by atoms with van der Waals surface area (Å²) in [6.45, 7) is 5.91. The lowest BCUT2D eigenvalue weighted by molar-refractivity contribution is -0.118. The highest BCUT2D eigenvalue weighted by molar-refractivity contribution is 5.77. The van der Waals surface area contributed by atoms with Crippen molar-refractivity contribution in [3.05, 3.63) is 24.3 Å². The summed E-state index contributed by atoms with van der Waals surface area (Å²) in [5.74, 6) is 2.39. The van der Waals surface area contributed by atoms with Crippen molar-refractivity contribution in [2.24, 2.45) is 11.8 Å². The number of aromatic amines is 1. The molecule has 1 aliphatic rings. The van der Waals surface area contributed by atoms with E-state index in [-0.39, 0.29) is 0 Å². The molecule has 1 N–H and O–H groups in total. The first-order valence-corrected chi connectivity index (χ1v) is 8.36. The first-order chi connectivity index (χ1) is 10.7. The Balaban J connectivity index is 1.78. The fraction of sp³-hybridized carbons (Fsp3) is 0.556. The van der Waals surface area contributed by atoms with Crippen molar-refractivity contribution < 1.29 is 4.79 Å². The topological polar surface area (TPSA) is 49.0 Å². The second-order valence-corrected chi connectivity index (χ2v) is 6.53. The third-order valence-electron chi connectivity index (χ3n) is 4.78. The quantitative estimate of drug-likeness (QED) is 0.914. The number of fused-ring (bicyclic) bond motifs is 1. The summed E-state index contributed by atoms with van der Waals surface area (Å²) in [4.78, 5) is 22.0. The Morgan fingerprint density at radius 2 is 2.18 bits per heavy atom. The number of hydrogen-bond donors (Lipinski definition) is 1. The molecule has 1 saturated heterocycles. The Hall–Kier alpha value is -1.84. The second-order valence-electron chi connectivity index (χ2n) is 6.53. The van der Waals surface area contributed by atoms with Gasteiger partial charge in [-0.25, -0.2) is 4.98 Å². The van der Waals surface area contributed by atoms with Crippen LogP contribution in [0, 0.1) is 11.8 Å². The van der Waals surface area contributed by atoms with Gasteiger partial charge in [-0.05, 0) is 37.3 Å². The summed E-state index contributed by atoms with van der Waals surface area (Å²) in [5.41, 5.74) is 2.09. The number of aromatic nitrogens is 2. The van der Waals surface area contributed by atoms with Crippen LogP contribution in [0.1, 0.15) is 39.5 Å². The van der Waals surface area contributed by atoms with Crippen molar-refractivity contribution in [1.29, 1.82) is 0 Å². The lowest BCUT2D eigenvalue weighted by atomic mass is 9.80. The number of para-hydroxylation sites is 2. The molecule has 0 amide bonds. The van der Waals surface area contributed by atoms with Gasteiger partial charge in [0, 0.05) is 19.5 Å². The molecule has 1 aromatic heterocycles. The van der Waals surface area contributed by atoms with E-state index >= 15 is 0 Å². The molecule has 1 aromatic carbocycles. The number of anilines is 1. The van der Waals surface area contributed by atoms with E-state index < -0.39 is 0 Å². The monoisotopic (exact) mass is 299 g/mol. The molecule has 1 aliphatic heterocycles. The molecule has 118 valence electrons. The van der Waals surface area contributed by atoms with Gasteiger partial charge in [0.15, 0.2) is 0 Å². The molecule has 0 spiro atoms. The van der Waals surface area contributed by atoms with Crippen molar-refractivity contribution in [3.8, 4) is 0 Å². The molecule has 0 bridgehead atoms. The largest absolute Gasteiger partial charge is 0.342 e. The van der Waals surface area contributed by atoms with Crippen LogP contribution < -0.4 is 4.90 Å². The van der Waals surface area contributed by atoms with Crippen molar-refractivity contribution in [2.75, 3.05) is 18.0 Å². The molecule has 0 aliphatic carbocycles. The van der Waals surface area contributed by atoms with E-state index in [1.807, 2.05) is 18.2 Å². The predicted octanol–water partition coefficient (Wildman–Crippen LogP) is 3.78. The molecule has 22 heavy (non-hydrogen) atoms. The number of piperidine rings is 1. The zero-order chi connectivity index (χ0) is 15.5. The van der Waals surface area contributed by atoms with Gasteiger partial charge in [-0.1, -0.05) is 31.9 Å². The molecule has 2 atom stereocenters. The van der Waals surface area contributed by atoms with E-state index in [0.29, 0.717) is 24.0 Å². The number of nitrogens with zero attached hydrogens (tertiary/aromatic N) is 2. The van der Waals surface area contributed by atoms with Crippen LogP contribution in [0.3, 0.4) is 0 Å². The van der Waals surface area contributed by atoms with Gasteiger partial charge in [0.1, 0.15) is 5.78 Å². The van der Waals surface area contributed by atoms with Crippen LogP contribution in [0.5, 0.6) is 0 Å². The fourth-order valence-corrected chi connectivity index (χ4v) is 3.71. The number of H-pyrrole nitrogens is 1. The minimum atomic E-state index is 0.303. The first-order valence-electron chi connectivity index (χ1n) is 8.36. The van der Waals surface area contributed by atoms with Crippen molar-refractivity contribution in [2.45, 2.75) is 39.5 Å². The number of carbonyl (C=O) groups is 1. The Morgan fingerprint density at radius 3 is 2.91 bits per heavy atom. The fourth-order valence-electron chi connectivity index (χ4n) is 3.71. The SMILES string of the molecule is CCCC1CCN(c2nc3ccccc3[nH]2)CC1CC(C)=O. The zero-order valence-corrected chi connectivity index (χ0v) is 13.5. The van der Waals surface area contributed by atoms with Gasteiger partial charge in [-0.2, -0.15) is 0 Å². The van der Waals surface area contributed by atoms with Gasteiger partial charge in [0.2, 0.25) is 5.95 Å². The van der Waals surface area contributed by atoms with Crippen LogP contribution in [0.25, 0.3) is 11.0 Å². The van der Waals surface area contributed by atoms with Crippen LogP contribution in [0.15, 0.2) is 24.3 Å². The molecule has 2 aromatic rings. The molecule has 2 heterocycles. The average molecular weight is 299 g/mol. The highest BCUT2D eigenvalue weighted by atomic mass is 16.1. The summed E-state index contributed by atoms with van der Waals surface area (Å²) in [7, 11) is 0. The molecule has 1 fully saturated rings. The average Bonchev–Trinajstić information content (AvgIpc) is 2.92. The van der Waals surface area contributed by atoms with E-state index in [2.05, 4.69) is 22.9 Å². The molecule has 0 saturated carbocycles. The molecule has 2 unspecified atom stereocenters. The van der Waals surface area contributed by atoms with Crippen LogP contribution in [0.4, 0.5) is 5.95 Å². The Morgan fingerprint density at radius 1 is 1.36 bits per heavy atom. The normalized spacial score (nSPS) is 22.2. The molecular formula is C18H25N3O. The number of Topliss-reactive ketones (excluding diaryl/α,β-unsaturated/α-hetero) is 1. The molecule has 4 nitrogen and oxygen atoms in total. The lowest BCUT2D eigenvalue weighted by Gasteiger charge is -2.38.